The van der Waals surface area contributed by atoms with Gasteiger partial charge in [-0.1, -0.05) is 30.3 Å². The Morgan fingerprint density at radius 3 is 2.66 bits per heavy atom. The Bertz CT molecular complexity index is 1720. The first kappa shape index (κ1) is 22.5. The van der Waals surface area contributed by atoms with Crippen LogP contribution in [0.15, 0.2) is 79.4 Å². The summed E-state index contributed by atoms with van der Waals surface area (Å²) in [7, 11) is 0. The van der Waals surface area contributed by atoms with Gasteiger partial charge in [0, 0.05) is 47.5 Å². The van der Waals surface area contributed by atoms with Crippen molar-refractivity contribution in [3.63, 3.8) is 0 Å². The predicted octanol–water partition coefficient (Wildman–Crippen LogP) is 6.13. The van der Waals surface area contributed by atoms with Crippen LogP contribution < -0.4 is 9.64 Å². The largest absolute Gasteiger partial charge is 0.487 e. The number of nitrogens with one attached hydrogen (secondary N) is 2. The number of pyridine rings is 3. The molecule has 0 bridgehead atoms. The number of rotatable bonds is 6. The zero-order chi connectivity index (χ0) is 25.3. The van der Waals surface area contributed by atoms with Crippen molar-refractivity contribution in [3.05, 3.63) is 84.9 Å². The van der Waals surface area contributed by atoms with E-state index in [0.29, 0.717) is 12.4 Å². The van der Waals surface area contributed by atoms with E-state index < -0.39 is 0 Å². The van der Waals surface area contributed by atoms with E-state index in [1.54, 1.807) is 12.4 Å². The van der Waals surface area contributed by atoms with Crippen molar-refractivity contribution in [1.29, 1.82) is 0 Å². The summed E-state index contributed by atoms with van der Waals surface area (Å²) >= 11 is 0. The average molecular weight is 502 g/mol. The van der Waals surface area contributed by atoms with Crippen LogP contribution in [0.1, 0.15) is 24.8 Å². The first-order valence-corrected chi connectivity index (χ1v) is 13.0. The van der Waals surface area contributed by atoms with Crippen molar-refractivity contribution < 1.29 is 4.74 Å². The van der Waals surface area contributed by atoms with Gasteiger partial charge in [-0.3, -0.25) is 15.1 Å². The third-order valence-corrected chi connectivity index (χ3v) is 7.17. The molecule has 1 fully saturated rings. The van der Waals surface area contributed by atoms with E-state index in [1.165, 1.54) is 24.9 Å². The van der Waals surface area contributed by atoms with Crippen molar-refractivity contribution in [1.82, 2.24) is 30.1 Å². The molecule has 38 heavy (non-hydrogen) atoms. The van der Waals surface area contributed by atoms with Crippen molar-refractivity contribution >= 4 is 27.6 Å². The second-order valence-electron chi connectivity index (χ2n) is 9.69. The fraction of sp³-hybridized carbons (Fsp3) is 0.200. The molecule has 2 N–H and O–H groups in total. The first-order chi connectivity index (χ1) is 18.8. The van der Waals surface area contributed by atoms with Gasteiger partial charge in [-0.05, 0) is 49.1 Å². The van der Waals surface area contributed by atoms with Gasteiger partial charge >= 0.3 is 0 Å². The van der Waals surface area contributed by atoms with Crippen LogP contribution in [0.5, 0.6) is 5.75 Å². The van der Waals surface area contributed by atoms with Gasteiger partial charge in [0.1, 0.15) is 23.7 Å². The number of nitrogens with zero attached hydrogens (tertiary/aromatic N) is 5. The third-order valence-electron chi connectivity index (χ3n) is 7.17. The highest BCUT2D eigenvalue weighted by atomic mass is 16.5. The highest BCUT2D eigenvalue weighted by molar-refractivity contribution is 5.99. The number of hydrogen-bond donors (Lipinski definition) is 2. The van der Waals surface area contributed by atoms with Gasteiger partial charge < -0.3 is 14.6 Å². The summed E-state index contributed by atoms with van der Waals surface area (Å²) < 4.78 is 5.99. The molecule has 0 amide bonds. The maximum atomic E-state index is 5.99. The van der Waals surface area contributed by atoms with Crippen LogP contribution in [0.2, 0.25) is 0 Å². The second-order valence-corrected chi connectivity index (χ2v) is 9.69. The summed E-state index contributed by atoms with van der Waals surface area (Å²) in [6, 6.07) is 18.4. The molecule has 6 aromatic rings. The van der Waals surface area contributed by atoms with Crippen LogP contribution in [-0.2, 0) is 6.61 Å². The molecule has 8 nitrogen and oxygen atoms in total. The minimum atomic E-state index is 0.484. The lowest BCUT2D eigenvalue weighted by molar-refractivity contribution is 0.305. The Kier molecular flexibility index (Phi) is 5.69. The molecule has 1 aromatic carbocycles. The molecule has 0 atom stereocenters. The Morgan fingerprint density at radius 2 is 1.76 bits per heavy atom. The maximum absolute atomic E-state index is 5.99. The Labute approximate surface area is 219 Å². The maximum Gasteiger partial charge on any atom is 0.139 e. The summed E-state index contributed by atoms with van der Waals surface area (Å²) in [5.74, 6) is 0.701. The Hall–Kier alpha value is -4.72. The van der Waals surface area contributed by atoms with Crippen molar-refractivity contribution in [2.45, 2.75) is 25.9 Å². The fourth-order valence-corrected chi connectivity index (χ4v) is 5.21. The lowest BCUT2D eigenvalue weighted by Gasteiger charge is -2.29. The molecule has 1 saturated heterocycles. The van der Waals surface area contributed by atoms with E-state index in [1.807, 2.05) is 48.8 Å². The van der Waals surface area contributed by atoms with Crippen LogP contribution in [-0.4, -0.2) is 43.2 Å². The van der Waals surface area contributed by atoms with Gasteiger partial charge in [0.2, 0.25) is 0 Å². The number of H-pyrrole nitrogens is 2. The first-order valence-electron chi connectivity index (χ1n) is 13.0. The number of aromatic nitrogens is 6. The van der Waals surface area contributed by atoms with Crippen LogP contribution in [0.3, 0.4) is 0 Å². The van der Waals surface area contributed by atoms with E-state index in [-0.39, 0.29) is 0 Å². The van der Waals surface area contributed by atoms with Crippen LogP contribution >= 0.6 is 0 Å². The van der Waals surface area contributed by atoms with E-state index in [9.17, 15) is 0 Å². The number of fused-ring (bicyclic) bond motifs is 2. The zero-order valence-corrected chi connectivity index (χ0v) is 20.9. The highest BCUT2D eigenvalue weighted by Gasteiger charge is 2.18. The molecule has 1 aliphatic rings. The lowest BCUT2D eigenvalue weighted by Crippen LogP contribution is -2.29. The Morgan fingerprint density at radius 1 is 0.868 bits per heavy atom. The van der Waals surface area contributed by atoms with Crippen LogP contribution in [0, 0.1) is 0 Å². The van der Waals surface area contributed by atoms with Gasteiger partial charge in [-0.25, -0.2) is 4.98 Å². The van der Waals surface area contributed by atoms with E-state index >= 15 is 0 Å². The van der Waals surface area contributed by atoms with Gasteiger partial charge in [0.15, 0.2) is 0 Å². The van der Waals surface area contributed by atoms with Crippen molar-refractivity contribution in [2.75, 3.05) is 18.0 Å². The molecule has 7 rings (SSSR count). The fourth-order valence-electron chi connectivity index (χ4n) is 5.21. The third kappa shape index (κ3) is 4.24. The summed E-state index contributed by atoms with van der Waals surface area (Å²) in [4.78, 5) is 19.6. The average Bonchev–Trinajstić information content (AvgIpc) is 3.61. The van der Waals surface area contributed by atoms with Gasteiger partial charge in [-0.15, -0.1) is 0 Å². The van der Waals surface area contributed by atoms with E-state index in [4.69, 9.17) is 4.74 Å². The predicted molar refractivity (Wildman–Crippen MR) is 149 cm³/mol. The molecule has 0 spiro atoms. The molecule has 8 heteroatoms. The summed E-state index contributed by atoms with van der Waals surface area (Å²) in [6.07, 6.45) is 11.0. The minimum Gasteiger partial charge on any atom is -0.487 e. The lowest BCUT2D eigenvalue weighted by atomic mass is 10.1. The molecule has 0 saturated carbocycles. The quantitative estimate of drug-likeness (QED) is 0.285. The SMILES string of the molecule is c1ccc(COc2cncc(-c3cc4c(-c5cc6c(N7CCCCC7)ccnc6[nH]5)n[nH]c4cn3)c2)cc1. The number of hydrogen-bond acceptors (Lipinski definition) is 6. The summed E-state index contributed by atoms with van der Waals surface area (Å²) in [5, 5.41) is 9.88. The molecular weight excluding hydrogens is 474 g/mol. The van der Waals surface area contributed by atoms with E-state index in [0.717, 1.165) is 63.2 Å². The molecule has 188 valence electrons. The van der Waals surface area contributed by atoms with Crippen LogP contribution in [0.4, 0.5) is 5.69 Å². The summed E-state index contributed by atoms with van der Waals surface area (Å²) in [6.45, 7) is 2.66. The van der Waals surface area contributed by atoms with Gasteiger partial charge in [0.25, 0.3) is 0 Å². The number of benzene rings is 1. The summed E-state index contributed by atoms with van der Waals surface area (Å²) in [5.41, 5.74) is 7.55. The van der Waals surface area contributed by atoms with Crippen molar-refractivity contribution in [2.24, 2.45) is 0 Å². The monoisotopic (exact) mass is 501 g/mol. The van der Waals surface area contributed by atoms with E-state index in [2.05, 4.69) is 53.2 Å². The van der Waals surface area contributed by atoms with Crippen molar-refractivity contribution in [3.8, 4) is 28.4 Å². The normalized spacial score (nSPS) is 13.8. The standard InChI is InChI=1S/C30H27N7O/c1-3-7-20(8-4-1)19-38-22-13-21(16-31-17-22)25-14-23-27(18-33-25)35-36-29(23)26-15-24-28(9-10-32-30(24)34-26)37-11-5-2-6-12-37/h1,3-4,7-10,13-18H,2,5-6,11-12,19H2,(H,32,34)(H,35,36). The molecule has 0 radical (unpaired) electrons. The Balaban J connectivity index is 1.22. The molecular formula is C30H27N7O. The van der Waals surface area contributed by atoms with Crippen LogP contribution in [0.25, 0.3) is 44.6 Å². The molecule has 5 aromatic heterocycles. The minimum absolute atomic E-state index is 0.484. The zero-order valence-electron chi connectivity index (χ0n) is 20.9. The smallest absolute Gasteiger partial charge is 0.139 e. The van der Waals surface area contributed by atoms with Gasteiger partial charge in [-0.2, -0.15) is 5.10 Å². The second kappa shape index (κ2) is 9.63. The van der Waals surface area contributed by atoms with Gasteiger partial charge in [0.05, 0.1) is 29.3 Å². The molecule has 0 aliphatic carbocycles. The molecule has 6 heterocycles. The molecule has 1 aliphatic heterocycles. The highest BCUT2D eigenvalue weighted by Crippen LogP contribution is 2.34. The number of ether oxygens (including phenoxy) is 1. The molecule has 0 unspecified atom stereocenters. The topological polar surface area (TPSA) is 95.6 Å². The number of anilines is 1. The number of piperidine rings is 1. The number of aromatic amines is 2.